The topological polar surface area (TPSA) is 105 Å². The van der Waals surface area contributed by atoms with Crippen LogP contribution in [0, 0.1) is 0 Å². The molecule has 0 spiro atoms. The Morgan fingerprint density at radius 2 is 0.671 bits per heavy atom. The third-order valence-electron chi connectivity index (χ3n) is 16.5. The second-order valence-corrected chi connectivity index (χ2v) is 27.4. The third kappa shape index (κ3) is 66.0. The van der Waals surface area contributed by atoms with Gasteiger partial charge in [0, 0.05) is 6.42 Å². The number of unbranched alkanes of at least 4 members (excludes halogenated alkanes) is 48. The minimum atomic E-state index is -4.37. The molecular weight excluding hydrogens is 1030 g/mol. The summed E-state index contributed by atoms with van der Waals surface area (Å²) in [7, 11) is 1.56. The van der Waals surface area contributed by atoms with Gasteiger partial charge >= 0.3 is 7.82 Å². The van der Waals surface area contributed by atoms with Crippen molar-refractivity contribution in [2.75, 3.05) is 40.9 Å². The van der Waals surface area contributed by atoms with E-state index in [9.17, 15) is 19.4 Å². The Morgan fingerprint density at radius 3 is 0.976 bits per heavy atom. The number of aliphatic hydroxyl groups is 1. The number of carbonyl (C=O) groups excluding carboxylic acids is 1. The number of allylic oxidation sites excluding steroid dienone is 7. The van der Waals surface area contributed by atoms with Crippen LogP contribution in [0.4, 0.5) is 0 Å². The lowest BCUT2D eigenvalue weighted by Crippen LogP contribution is -2.45. The monoisotopic (exact) mass is 1170 g/mol. The summed E-state index contributed by atoms with van der Waals surface area (Å²) in [5.41, 5.74) is 0. The second kappa shape index (κ2) is 63.9. The Kier molecular flexibility index (Phi) is 62.7. The van der Waals surface area contributed by atoms with Gasteiger partial charge in [-0.3, -0.25) is 13.8 Å². The van der Waals surface area contributed by atoms with Crippen LogP contribution in [0.25, 0.3) is 0 Å². The Morgan fingerprint density at radius 1 is 0.402 bits per heavy atom. The predicted octanol–water partition coefficient (Wildman–Crippen LogP) is 23.0. The molecule has 0 aliphatic rings. The van der Waals surface area contributed by atoms with Crippen LogP contribution >= 0.6 is 7.82 Å². The molecule has 3 atom stereocenters. The Bertz CT molecular complexity index is 1480. The summed E-state index contributed by atoms with van der Waals surface area (Å²) in [4.78, 5) is 23.4. The number of phosphoric ester groups is 1. The van der Waals surface area contributed by atoms with E-state index in [0.29, 0.717) is 17.4 Å². The van der Waals surface area contributed by atoms with Gasteiger partial charge in [-0.15, -0.1) is 0 Å². The first kappa shape index (κ1) is 80.5. The number of likely N-dealkylation sites (N-methyl/N-ethyl adjacent to an activating group) is 1. The van der Waals surface area contributed by atoms with Gasteiger partial charge in [0.1, 0.15) is 13.2 Å². The van der Waals surface area contributed by atoms with E-state index in [4.69, 9.17) is 9.05 Å². The lowest BCUT2D eigenvalue weighted by atomic mass is 10.0. The van der Waals surface area contributed by atoms with Gasteiger partial charge in [-0.1, -0.05) is 332 Å². The van der Waals surface area contributed by atoms with E-state index in [1.165, 1.54) is 295 Å². The summed E-state index contributed by atoms with van der Waals surface area (Å²) in [6, 6.07) is -0.871. The minimum Gasteiger partial charge on any atom is -0.387 e. The highest BCUT2D eigenvalue weighted by Gasteiger charge is 2.28. The summed E-state index contributed by atoms with van der Waals surface area (Å²) in [6.07, 6.45) is 87.1. The summed E-state index contributed by atoms with van der Waals surface area (Å²) in [6.45, 7) is 4.84. The molecule has 0 saturated carbocycles. The molecule has 0 heterocycles. The van der Waals surface area contributed by atoms with E-state index >= 15 is 0 Å². The molecule has 0 aliphatic carbocycles. The fourth-order valence-electron chi connectivity index (χ4n) is 10.9. The predicted molar refractivity (Wildman–Crippen MR) is 360 cm³/mol. The fraction of sp³-hybridized carbons (Fsp3) is 0.877. The number of nitrogens with zero attached hydrogens (tertiary/aromatic N) is 1. The summed E-state index contributed by atoms with van der Waals surface area (Å²) >= 11 is 0. The first-order chi connectivity index (χ1) is 40.0. The average Bonchev–Trinajstić information content (AvgIpc) is 3.45. The van der Waals surface area contributed by atoms with E-state index in [2.05, 4.69) is 55.6 Å². The molecule has 484 valence electrons. The first-order valence-corrected chi connectivity index (χ1v) is 37.5. The van der Waals surface area contributed by atoms with Crippen LogP contribution in [0.5, 0.6) is 0 Å². The lowest BCUT2D eigenvalue weighted by Gasteiger charge is -2.25. The molecule has 9 heteroatoms. The lowest BCUT2D eigenvalue weighted by molar-refractivity contribution is -0.870. The Labute approximate surface area is 511 Å². The van der Waals surface area contributed by atoms with Crippen LogP contribution < -0.4 is 5.32 Å². The molecule has 0 aromatic rings. The highest BCUT2D eigenvalue weighted by Crippen LogP contribution is 2.43. The van der Waals surface area contributed by atoms with Gasteiger partial charge in [0.25, 0.3) is 0 Å². The standard InChI is InChI=1S/C73H141N2O6P/c1-6-8-10-12-14-16-18-20-22-24-26-28-30-32-33-34-35-36-37-38-39-40-41-43-45-47-49-51-53-55-57-59-61-63-65-67-73(77)74-71(70-81-82(78,79)80-69-68-75(3,4)5)72(76)66-64-62-60-58-56-54-52-50-48-46-44-42-31-29-27-25-23-21-19-17-15-13-11-9-7-2/h24,26,48,50,56,58,64,66,71-72,76H,6-23,25,27-47,49,51-55,57,59-63,65,67-70H2,1-5H3,(H-,74,77,78,79)/p+1/b26-24-,50-48+,58-56+,66-64+. The SMILES string of the molecule is CCCCCCCCCC/C=C\CCCCCCCCCCCCCCCCCCCCCCCCCC(=O)NC(COP(=O)(O)OCC[N+](C)(C)C)C(O)/C=C/CC/C=C/CC/C=C/CCCCCCCCCCCCCCCCC. The maximum atomic E-state index is 13.0. The van der Waals surface area contributed by atoms with Gasteiger partial charge < -0.3 is 19.8 Å². The van der Waals surface area contributed by atoms with Crippen molar-refractivity contribution in [2.45, 2.75) is 373 Å². The molecular formula is C73H142N2O6P+. The van der Waals surface area contributed by atoms with Crippen molar-refractivity contribution < 1.29 is 32.9 Å². The van der Waals surface area contributed by atoms with E-state index in [1.54, 1.807) is 6.08 Å². The normalized spacial score (nSPS) is 13.9. The number of amides is 1. The molecule has 0 aromatic carbocycles. The second-order valence-electron chi connectivity index (χ2n) is 25.9. The molecule has 1 amide bonds. The number of nitrogens with one attached hydrogen (secondary N) is 1. The van der Waals surface area contributed by atoms with Crippen molar-refractivity contribution in [1.29, 1.82) is 0 Å². The van der Waals surface area contributed by atoms with Gasteiger partial charge in [-0.2, -0.15) is 0 Å². The van der Waals surface area contributed by atoms with Gasteiger partial charge in [0.05, 0.1) is 39.9 Å². The average molecular weight is 1170 g/mol. The Hall–Kier alpha value is -1.54. The number of rotatable bonds is 67. The van der Waals surface area contributed by atoms with Crippen LogP contribution in [-0.4, -0.2) is 73.4 Å². The number of aliphatic hydroxyl groups excluding tert-OH is 1. The van der Waals surface area contributed by atoms with Gasteiger partial charge in [-0.05, 0) is 70.6 Å². The van der Waals surface area contributed by atoms with Crippen molar-refractivity contribution in [3.63, 3.8) is 0 Å². The minimum absolute atomic E-state index is 0.0546. The zero-order valence-electron chi connectivity index (χ0n) is 55.5. The van der Waals surface area contributed by atoms with E-state index < -0.39 is 20.0 Å². The Balaban J connectivity index is 4.04. The quantitative estimate of drug-likeness (QED) is 0.0243. The third-order valence-corrected chi connectivity index (χ3v) is 17.5. The van der Waals surface area contributed by atoms with Crippen LogP contribution in [0.1, 0.15) is 361 Å². The molecule has 0 bridgehead atoms. The summed E-state index contributed by atoms with van der Waals surface area (Å²) < 4.78 is 23.8. The summed E-state index contributed by atoms with van der Waals surface area (Å²) in [5.74, 6) is -0.184. The van der Waals surface area contributed by atoms with Crippen molar-refractivity contribution in [3.05, 3.63) is 48.6 Å². The molecule has 82 heavy (non-hydrogen) atoms. The highest BCUT2D eigenvalue weighted by molar-refractivity contribution is 7.47. The van der Waals surface area contributed by atoms with Crippen LogP contribution in [0.3, 0.4) is 0 Å². The van der Waals surface area contributed by atoms with Crippen molar-refractivity contribution in [3.8, 4) is 0 Å². The molecule has 0 aromatic heterocycles. The van der Waals surface area contributed by atoms with Crippen molar-refractivity contribution in [1.82, 2.24) is 5.32 Å². The smallest absolute Gasteiger partial charge is 0.387 e. The van der Waals surface area contributed by atoms with Crippen molar-refractivity contribution in [2.24, 2.45) is 0 Å². The van der Waals surface area contributed by atoms with Gasteiger partial charge in [0.15, 0.2) is 0 Å². The first-order valence-electron chi connectivity index (χ1n) is 36.0. The van der Waals surface area contributed by atoms with Gasteiger partial charge in [0.2, 0.25) is 5.91 Å². The molecule has 0 aliphatic heterocycles. The van der Waals surface area contributed by atoms with Crippen LogP contribution in [-0.2, 0) is 18.4 Å². The molecule has 0 saturated heterocycles. The molecule has 8 nitrogen and oxygen atoms in total. The van der Waals surface area contributed by atoms with E-state index in [-0.39, 0.29) is 19.1 Å². The zero-order valence-corrected chi connectivity index (χ0v) is 56.4. The fourth-order valence-corrected chi connectivity index (χ4v) is 11.6. The number of phosphoric acid groups is 1. The number of hydrogen-bond acceptors (Lipinski definition) is 5. The number of hydrogen-bond donors (Lipinski definition) is 3. The molecule has 0 fully saturated rings. The van der Waals surface area contributed by atoms with Crippen molar-refractivity contribution >= 4 is 13.7 Å². The van der Waals surface area contributed by atoms with Crippen LogP contribution in [0.15, 0.2) is 48.6 Å². The van der Waals surface area contributed by atoms with Crippen LogP contribution in [0.2, 0.25) is 0 Å². The molecule has 0 radical (unpaired) electrons. The highest BCUT2D eigenvalue weighted by atomic mass is 31.2. The number of carbonyl (C=O) groups is 1. The maximum absolute atomic E-state index is 13.0. The molecule has 3 N–H and O–H groups in total. The van der Waals surface area contributed by atoms with E-state index in [1.807, 2.05) is 27.2 Å². The molecule has 0 rings (SSSR count). The summed E-state index contributed by atoms with van der Waals surface area (Å²) in [5, 5.41) is 14.0. The van der Waals surface area contributed by atoms with E-state index in [0.717, 1.165) is 44.9 Å². The number of quaternary nitrogens is 1. The largest absolute Gasteiger partial charge is 0.472 e. The zero-order chi connectivity index (χ0) is 59.8. The maximum Gasteiger partial charge on any atom is 0.472 e. The van der Waals surface area contributed by atoms with Gasteiger partial charge in [-0.25, -0.2) is 4.57 Å². The molecule has 3 unspecified atom stereocenters.